The first-order valence-corrected chi connectivity index (χ1v) is 6.79. The van der Waals surface area contributed by atoms with Crippen molar-refractivity contribution in [2.24, 2.45) is 5.92 Å². The van der Waals surface area contributed by atoms with Gasteiger partial charge in [0.25, 0.3) is 5.91 Å². The van der Waals surface area contributed by atoms with Crippen LogP contribution in [0.15, 0.2) is 0 Å². The van der Waals surface area contributed by atoms with Crippen LogP contribution in [0.4, 0.5) is 0 Å². The molecule has 2 aliphatic heterocycles. The van der Waals surface area contributed by atoms with Gasteiger partial charge >= 0.3 is 5.97 Å². The molecule has 0 aromatic carbocycles. The Labute approximate surface area is 107 Å². The summed E-state index contributed by atoms with van der Waals surface area (Å²) in [4.78, 5) is 25.5. The van der Waals surface area contributed by atoms with Crippen LogP contribution in [0.2, 0.25) is 0 Å². The fourth-order valence-corrected chi connectivity index (χ4v) is 2.57. The molecule has 1 amide bonds. The van der Waals surface area contributed by atoms with E-state index in [9.17, 15) is 9.59 Å². The second-order valence-electron chi connectivity index (χ2n) is 4.85. The van der Waals surface area contributed by atoms with E-state index in [2.05, 4.69) is 0 Å². The maximum Gasteiger partial charge on any atom is 0.309 e. The lowest BCUT2D eigenvalue weighted by atomic mass is 9.96. The highest BCUT2D eigenvalue weighted by Crippen LogP contribution is 2.22. The molecule has 0 bridgehead atoms. The van der Waals surface area contributed by atoms with Crippen molar-refractivity contribution >= 4 is 11.9 Å². The second kappa shape index (κ2) is 6.18. The third kappa shape index (κ3) is 3.02. The topological polar surface area (TPSA) is 55.8 Å². The molecule has 1 atom stereocenters. The summed E-state index contributed by atoms with van der Waals surface area (Å²) >= 11 is 0. The highest BCUT2D eigenvalue weighted by Gasteiger charge is 2.32. The third-order valence-corrected chi connectivity index (χ3v) is 3.63. The molecule has 102 valence electrons. The molecule has 5 nitrogen and oxygen atoms in total. The molecule has 0 radical (unpaired) electrons. The number of hydrogen-bond acceptors (Lipinski definition) is 4. The van der Waals surface area contributed by atoms with Gasteiger partial charge in [0, 0.05) is 19.7 Å². The lowest BCUT2D eigenvalue weighted by molar-refractivity contribution is -0.152. The van der Waals surface area contributed by atoms with Gasteiger partial charge in [0.1, 0.15) is 6.10 Å². The number of likely N-dealkylation sites (tertiary alicyclic amines) is 1. The lowest BCUT2D eigenvalue weighted by Gasteiger charge is -2.32. The van der Waals surface area contributed by atoms with Crippen LogP contribution >= 0.6 is 0 Å². The van der Waals surface area contributed by atoms with E-state index in [1.54, 1.807) is 0 Å². The summed E-state index contributed by atoms with van der Waals surface area (Å²) in [6.45, 7) is 4.21. The summed E-state index contributed by atoms with van der Waals surface area (Å²) in [5, 5.41) is 0. The second-order valence-corrected chi connectivity index (χ2v) is 4.85. The van der Waals surface area contributed by atoms with Gasteiger partial charge in [0.2, 0.25) is 0 Å². The predicted molar refractivity (Wildman–Crippen MR) is 64.9 cm³/mol. The highest BCUT2D eigenvalue weighted by molar-refractivity contribution is 5.81. The third-order valence-electron chi connectivity index (χ3n) is 3.63. The van der Waals surface area contributed by atoms with Gasteiger partial charge in [-0.1, -0.05) is 0 Å². The molecule has 2 rings (SSSR count). The summed E-state index contributed by atoms with van der Waals surface area (Å²) < 4.78 is 10.4. The molecule has 1 unspecified atom stereocenters. The molecule has 0 N–H and O–H groups in total. The number of carbonyl (C=O) groups is 2. The Morgan fingerprint density at radius 2 is 2.00 bits per heavy atom. The van der Waals surface area contributed by atoms with E-state index in [-0.39, 0.29) is 23.9 Å². The van der Waals surface area contributed by atoms with Crippen LogP contribution in [-0.4, -0.2) is 49.2 Å². The number of carbonyl (C=O) groups excluding carboxylic acids is 2. The minimum atomic E-state index is -0.246. The molecule has 0 aromatic rings. The molecule has 2 aliphatic rings. The Kier molecular flexibility index (Phi) is 4.58. The van der Waals surface area contributed by atoms with Gasteiger partial charge in [-0.3, -0.25) is 9.59 Å². The average molecular weight is 255 g/mol. The number of piperidine rings is 1. The van der Waals surface area contributed by atoms with E-state index in [0.29, 0.717) is 39.1 Å². The van der Waals surface area contributed by atoms with Gasteiger partial charge in [-0.25, -0.2) is 0 Å². The zero-order chi connectivity index (χ0) is 13.0. The summed E-state index contributed by atoms with van der Waals surface area (Å²) in [7, 11) is 0. The summed E-state index contributed by atoms with van der Waals surface area (Å²) in [5.41, 5.74) is 0. The van der Waals surface area contributed by atoms with E-state index in [0.717, 1.165) is 12.8 Å². The number of amides is 1. The Morgan fingerprint density at radius 3 is 2.56 bits per heavy atom. The summed E-state index contributed by atoms with van der Waals surface area (Å²) in [6.07, 6.45) is 2.96. The van der Waals surface area contributed by atoms with E-state index in [1.807, 2.05) is 11.8 Å². The van der Waals surface area contributed by atoms with E-state index in [4.69, 9.17) is 9.47 Å². The van der Waals surface area contributed by atoms with Crippen molar-refractivity contribution in [3.05, 3.63) is 0 Å². The van der Waals surface area contributed by atoms with Crippen LogP contribution in [0, 0.1) is 5.92 Å². The highest BCUT2D eigenvalue weighted by atomic mass is 16.5. The van der Waals surface area contributed by atoms with Crippen molar-refractivity contribution < 1.29 is 19.1 Å². The van der Waals surface area contributed by atoms with Crippen molar-refractivity contribution in [2.45, 2.75) is 38.7 Å². The first-order valence-electron chi connectivity index (χ1n) is 6.79. The van der Waals surface area contributed by atoms with Crippen LogP contribution in [0.5, 0.6) is 0 Å². The molecular weight excluding hydrogens is 234 g/mol. The van der Waals surface area contributed by atoms with Crippen molar-refractivity contribution in [3.8, 4) is 0 Å². The van der Waals surface area contributed by atoms with Gasteiger partial charge in [0.05, 0.1) is 12.5 Å². The molecule has 0 aliphatic carbocycles. The lowest BCUT2D eigenvalue weighted by Crippen LogP contribution is -2.45. The van der Waals surface area contributed by atoms with E-state index >= 15 is 0 Å². The molecular formula is C13H21NO4. The van der Waals surface area contributed by atoms with Gasteiger partial charge in [-0.2, -0.15) is 0 Å². The first kappa shape index (κ1) is 13.3. The maximum absolute atomic E-state index is 12.1. The minimum Gasteiger partial charge on any atom is -0.466 e. The molecule has 2 fully saturated rings. The van der Waals surface area contributed by atoms with Crippen LogP contribution in [0.25, 0.3) is 0 Å². The molecule has 0 saturated carbocycles. The smallest absolute Gasteiger partial charge is 0.309 e. The molecule has 2 heterocycles. The van der Waals surface area contributed by atoms with Crippen LogP contribution < -0.4 is 0 Å². The van der Waals surface area contributed by atoms with Gasteiger partial charge < -0.3 is 14.4 Å². The first-order chi connectivity index (χ1) is 8.72. The van der Waals surface area contributed by atoms with Crippen molar-refractivity contribution in [3.63, 3.8) is 0 Å². The average Bonchev–Trinajstić information content (AvgIpc) is 2.92. The van der Waals surface area contributed by atoms with Crippen molar-refractivity contribution in [1.29, 1.82) is 0 Å². The summed E-state index contributed by atoms with van der Waals surface area (Å²) in [6, 6.07) is 0. The standard InChI is InChI=1S/C13H21NO4/c1-2-17-13(16)10-5-7-14(8-6-10)12(15)11-4-3-9-18-11/h10-11H,2-9H2,1H3. The summed E-state index contributed by atoms with van der Waals surface area (Å²) in [5.74, 6) is -0.0741. The quantitative estimate of drug-likeness (QED) is 0.705. The molecule has 0 spiro atoms. The Balaban J connectivity index is 1.79. The van der Waals surface area contributed by atoms with Crippen LogP contribution in [0.1, 0.15) is 32.6 Å². The Morgan fingerprint density at radius 1 is 1.28 bits per heavy atom. The van der Waals surface area contributed by atoms with Crippen molar-refractivity contribution in [1.82, 2.24) is 4.90 Å². The number of esters is 1. The number of rotatable bonds is 3. The van der Waals surface area contributed by atoms with Crippen LogP contribution in [0.3, 0.4) is 0 Å². The number of hydrogen-bond donors (Lipinski definition) is 0. The van der Waals surface area contributed by atoms with Crippen molar-refractivity contribution in [2.75, 3.05) is 26.3 Å². The Bertz CT molecular complexity index is 304. The fraction of sp³-hybridized carbons (Fsp3) is 0.846. The van der Waals surface area contributed by atoms with Crippen LogP contribution in [-0.2, 0) is 19.1 Å². The minimum absolute atomic E-state index is 0.0431. The number of ether oxygens (including phenoxy) is 2. The normalized spacial score (nSPS) is 25.2. The molecule has 0 aromatic heterocycles. The van der Waals surface area contributed by atoms with E-state index < -0.39 is 0 Å². The Hall–Kier alpha value is -1.10. The predicted octanol–water partition coefficient (Wildman–Crippen LogP) is 0.967. The van der Waals surface area contributed by atoms with Gasteiger partial charge in [0.15, 0.2) is 0 Å². The largest absolute Gasteiger partial charge is 0.466 e. The zero-order valence-electron chi connectivity index (χ0n) is 10.9. The monoisotopic (exact) mass is 255 g/mol. The maximum atomic E-state index is 12.1. The van der Waals surface area contributed by atoms with Gasteiger partial charge in [-0.15, -0.1) is 0 Å². The van der Waals surface area contributed by atoms with E-state index in [1.165, 1.54) is 0 Å². The fourth-order valence-electron chi connectivity index (χ4n) is 2.57. The molecule has 2 saturated heterocycles. The van der Waals surface area contributed by atoms with Gasteiger partial charge in [-0.05, 0) is 32.6 Å². The SMILES string of the molecule is CCOC(=O)C1CCN(C(=O)C2CCCO2)CC1. The molecule has 5 heteroatoms. The number of nitrogens with zero attached hydrogens (tertiary/aromatic N) is 1. The zero-order valence-corrected chi connectivity index (χ0v) is 10.9. The molecule has 18 heavy (non-hydrogen) atoms.